The van der Waals surface area contributed by atoms with Gasteiger partial charge in [0.05, 0.1) is 11.4 Å². The maximum Gasteiger partial charge on any atom is 0.137 e. The molecule has 0 saturated heterocycles. The predicted molar refractivity (Wildman–Crippen MR) is 68.1 cm³/mol. The van der Waals surface area contributed by atoms with Gasteiger partial charge >= 0.3 is 0 Å². The SMILES string of the molecule is OC(Cn1cncn1)(c1ccccc1F)C1(Cl)CC1. The third-order valence-electron chi connectivity index (χ3n) is 3.61. The molecule has 1 fully saturated rings. The molecule has 0 amide bonds. The van der Waals surface area contributed by atoms with Crippen LogP contribution < -0.4 is 0 Å². The lowest BCUT2D eigenvalue weighted by molar-refractivity contribution is -0.000646. The highest BCUT2D eigenvalue weighted by molar-refractivity contribution is 6.26. The molecule has 19 heavy (non-hydrogen) atoms. The van der Waals surface area contributed by atoms with Gasteiger partial charge in [-0.05, 0) is 18.9 Å². The predicted octanol–water partition coefficient (Wildman–Crippen LogP) is 2.08. The van der Waals surface area contributed by atoms with Gasteiger partial charge < -0.3 is 5.11 Å². The number of aromatic nitrogens is 3. The van der Waals surface area contributed by atoms with Crippen LogP contribution in [0.1, 0.15) is 18.4 Å². The van der Waals surface area contributed by atoms with Crippen molar-refractivity contribution in [3.05, 3.63) is 48.3 Å². The largest absolute Gasteiger partial charge is 0.381 e. The number of alkyl halides is 1. The van der Waals surface area contributed by atoms with E-state index >= 15 is 0 Å². The van der Waals surface area contributed by atoms with E-state index in [-0.39, 0.29) is 12.1 Å². The van der Waals surface area contributed by atoms with Crippen molar-refractivity contribution in [3.63, 3.8) is 0 Å². The lowest BCUT2D eigenvalue weighted by Crippen LogP contribution is -2.43. The van der Waals surface area contributed by atoms with Crippen LogP contribution in [-0.4, -0.2) is 24.7 Å². The molecule has 1 heterocycles. The van der Waals surface area contributed by atoms with E-state index in [1.165, 1.54) is 23.4 Å². The number of rotatable bonds is 4. The van der Waals surface area contributed by atoms with Crippen LogP contribution >= 0.6 is 11.6 Å². The normalized spacial score (nSPS) is 19.9. The molecule has 1 aliphatic rings. The fraction of sp³-hybridized carbons (Fsp3) is 0.385. The van der Waals surface area contributed by atoms with Gasteiger partial charge in [0, 0.05) is 5.56 Å². The number of hydrogen-bond acceptors (Lipinski definition) is 3. The zero-order chi connectivity index (χ0) is 13.5. The molecule has 1 aliphatic carbocycles. The van der Waals surface area contributed by atoms with Crippen LogP contribution in [0, 0.1) is 5.82 Å². The van der Waals surface area contributed by atoms with Gasteiger partial charge in [-0.15, -0.1) is 11.6 Å². The summed E-state index contributed by atoms with van der Waals surface area (Å²) in [6, 6.07) is 6.16. The second kappa shape index (κ2) is 4.28. The molecule has 6 heteroatoms. The Labute approximate surface area is 114 Å². The van der Waals surface area contributed by atoms with E-state index in [0.717, 1.165) is 0 Å². The Hall–Kier alpha value is -1.46. The van der Waals surface area contributed by atoms with Crippen LogP contribution in [0.4, 0.5) is 4.39 Å². The second-order valence-corrected chi connectivity index (χ2v) is 5.62. The van der Waals surface area contributed by atoms with Gasteiger partial charge in [-0.25, -0.2) is 14.1 Å². The lowest BCUT2D eigenvalue weighted by atomic mass is 9.87. The Balaban J connectivity index is 2.05. The van der Waals surface area contributed by atoms with Gasteiger partial charge in [0.25, 0.3) is 0 Å². The molecular weight excluding hydrogens is 269 g/mol. The fourth-order valence-electron chi connectivity index (χ4n) is 2.34. The van der Waals surface area contributed by atoms with Crippen LogP contribution in [-0.2, 0) is 12.1 Å². The third kappa shape index (κ3) is 2.03. The summed E-state index contributed by atoms with van der Waals surface area (Å²) in [6.07, 6.45) is 4.15. The van der Waals surface area contributed by atoms with Crippen LogP contribution in [0.25, 0.3) is 0 Å². The van der Waals surface area contributed by atoms with E-state index in [0.29, 0.717) is 12.8 Å². The molecule has 1 saturated carbocycles. The molecule has 4 nitrogen and oxygen atoms in total. The number of benzene rings is 1. The zero-order valence-electron chi connectivity index (χ0n) is 10.1. The average molecular weight is 282 g/mol. The van der Waals surface area contributed by atoms with E-state index in [1.54, 1.807) is 18.2 Å². The van der Waals surface area contributed by atoms with Gasteiger partial charge in [-0.3, -0.25) is 0 Å². The summed E-state index contributed by atoms with van der Waals surface area (Å²) in [6.45, 7) is 0.0808. The summed E-state index contributed by atoms with van der Waals surface area (Å²) < 4.78 is 15.5. The van der Waals surface area contributed by atoms with Crippen molar-refractivity contribution in [3.8, 4) is 0 Å². The molecule has 0 bridgehead atoms. The van der Waals surface area contributed by atoms with E-state index < -0.39 is 16.3 Å². The van der Waals surface area contributed by atoms with Gasteiger partial charge in [0.2, 0.25) is 0 Å². The Kier molecular flexibility index (Phi) is 2.83. The van der Waals surface area contributed by atoms with Crippen molar-refractivity contribution in [1.82, 2.24) is 14.8 Å². The van der Waals surface area contributed by atoms with Crippen LogP contribution in [0.2, 0.25) is 0 Å². The van der Waals surface area contributed by atoms with E-state index in [4.69, 9.17) is 11.6 Å². The first kappa shape index (κ1) is 12.6. The van der Waals surface area contributed by atoms with Gasteiger partial charge in [0.15, 0.2) is 0 Å². The van der Waals surface area contributed by atoms with Gasteiger partial charge in [-0.2, -0.15) is 5.10 Å². The number of nitrogens with zero attached hydrogens (tertiary/aromatic N) is 3. The Bertz CT molecular complexity index is 585. The van der Waals surface area contributed by atoms with E-state index in [2.05, 4.69) is 10.1 Å². The monoisotopic (exact) mass is 281 g/mol. The molecule has 0 aliphatic heterocycles. The first-order valence-corrected chi connectivity index (χ1v) is 6.42. The second-order valence-electron chi connectivity index (χ2n) is 4.90. The Morgan fingerprint density at radius 2 is 2.16 bits per heavy atom. The molecule has 1 N–H and O–H groups in total. The minimum Gasteiger partial charge on any atom is -0.381 e. The van der Waals surface area contributed by atoms with Crippen LogP contribution in [0.15, 0.2) is 36.9 Å². The van der Waals surface area contributed by atoms with Crippen LogP contribution in [0.3, 0.4) is 0 Å². The Morgan fingerprint density at radius 1 is 1.42 bits per heavy atom. The quantitative estimate of drug-likeness (QED) is 0.873. The van der Waals surface area contributed by atoms with Crippen molar-refractivity contribution >= 4 is 11.6 Å². The zero-order valence-corrected chi connectivity index (χ0v) is 10.9. The summed E-state index contributed by atoms with van der Waals surface area (Å²) in [4.78, 5) is 3.00. The number of halogens is 2. The highest BCUT2D eigenvalue weighted by Crippen LogP contribution is 2.56. The van der Waals surface area contributed by atoms with Crippen molar-refractivity contribution in [2.75, 3.05) is 0 Å². The van der Waals surface area contributed by atoms with Crippen LogP contribution in [0.5, 0.6) is 0 Å². The minimum atomic E-state index is -1.49. The first-order chi connectivity index (χ1) is 9.05. The molecule has 1 unspecified atom stereocenters. The number of hydrogen-bond donors (Lipinski definition) is 1. The smallest absolute Gasteiger partial charge is 0.137 e. The molecule has 100 valence electrons. The highest BCUT2D eigenvalue weighted by Gasteiger charge is 2.59. The van der Waals surface area contributed by atoms with Crippen molar-refractivity contribution in [2.24, 2.45) is 0 Å². The lowest BCUT2D eigenvalue weighted by Gasteiger charge is -2.33. The van der Waals surface area contributed by atoms with Gasteiger partial charge in [-0.1, -0.05) is 18.2 Å². The molecule has 1 aromatic heterocycles. The van der Waals surface area contributed by atoms with Crippen molar-refractivity contribution in [1.29, 1.82) is 0 Å². The molecule has 2 aromatic rings. The fourth-order valence-corrected chi connectivity index (χ4v) is 2.59. The maximum absolute atomic E-state index is 14.0. The van der Waals surface area contributed by atoms with Crippen molar-refractivity contribution in [2.45, 2.75) is 29.9 Å². The third-order valence-corrected chi connectivity index (χ3v) is 4.30. The minimum absolute atomic E-state index is 0.0808. The van der Waals surface area contributed by atoms with E-state index in [1.807, 2.05) is 0 Å². The summed E-state index contributed by atoms with van der Waals surface area (Å²) in [5, 5.41) is 14.9. The summed E-state index contributed by atoms with van der Waals surface area (Å²) >= 11 is 6.40. The average Bonchev–Trinajstić information content (AvgIpc) is 2.95. The molecule has 0 radical (unpaired) electrons. The summed E-state index contributed by atoms with van der Waals surface area (Å²) in [5.74, 6) is -0.461. The highest BCUT2D eigenvalue weighted by atomic mass is 35.5. The molecule has 1 atom stereocenters. The topological polar surface area (TPSA) is 50.9 Å². The molecule has 1 aromatic carbocycles. The Morgan fingerprint density at radius 3 is 2.74 bits per heavy atom. The van der Waals surface area contributed by atoms with Crippen molar-refractivity contribution < 1.29 is 9.50 Å². The standard InChI is InChI=1S/C13H13ClFN3O/c14-12(5-6-12)13(19,7-18-9-16-8-17-18)10-3-1-2-4-11(10)15/h1-4,8-9,19H,5-7H2. The van der Waals surface area contributed by atoms with Gasteiger partial charge in [0.1, 0.15) is 24.1 Å². The molecular formula is C13H13ClFN3O. The first-order valence-electron chi connectivity index (χ1n) is 6.04. The molecule has 0 spiro atoms. The molecule has 3 rings (SSSR count). The number of aliphatic hydroxyl groups is 1. The van der Waals surface area contributed by atoms with E-state index in [9.17, 15) is 9.50 Å². The summed E-state index contributed by atoms with van der Waals surface area (Å²) in [5.41, 5.74) is -1.29. The maximum atomic E-state index is 14.0. The summed E-state index contributed by atoms with van der Waals surface area (Å²) in [7, 11) is 0.